The Morgan fingerprint density at radius 2 is 2.00 bits per heavy atom. The fourth-order valence-electron chi connectivity index (χ4n) is 2.91. The SMILES string of the molecule is NC(Cc1ccccc1)C(=O)NC(CS)C(=O)N1CCCC1C(=O)O. The summed E-state index contributed by atoms with van der Waals surface area (Å²) in [6.07, 6.45) is 1.40. The first-order chi connectivity index (χ1) is 11.9. The number of benzene rings is 1. The van der Waals surface area contributed by atoms with Crippen molar-refractivity contribution in [3.8, 4) is 0 Å². The molecule has 1 aromatic rings. The summed E-state index contributed by atoms with van der Waals surface area (Å²) in [6, 6.07) is 6.80. The Hall–Kier alpha value is -2.06. The molecule has 0 radical (unpaired) electrons. The molecule has 1 aliphatic rings. The number of nitrogens with zero attached hydrogens (tertiary/aromatic N) is 1. The Labute approximate surface area is 152 Å². The largest absolute Gasteiger partial charge is 0.480 e. The highest BCUT2D eigenvalue weighted by Gasteiger charge is 2.37. The molecule has 2 rings (SSSR count). The van der Waals surface area contributed by atoms with E-state index in [1.54, 1.807) is 0 Å². The topological polar surface area (TPSA) is 113 Å². The number of hydrogen-bond donors (Lipinski definition) is 4. The average molecular weight is 365 g/mol. The van der Waals surface area contributed by atoms with Crippen molar-refractivity contribution in [1.29, 1.82) is 0 Å². The summed E-state index contributed by atoms with van der Waals surface area (Å²) >= 11 is 4.12. The minimum Gasteiger partial charge on any atom is -0.480 e. The number of thiol groups is 1. The molecule has 0 bridgehead atoms. The predicted octanol–water partition coefficient (Wildman–Crippen LogP) is 0.0466. The van der Waals surface area contributed by atoms with E-state index in [0.29, 0.717) is 25.8 Å². The van der Waals surface area contributed by atoms with Crippen LogP contribution >= 0.6 is 12.6 Å². The maximum Gasteiger partial charge on any atom is 0.326 e. The van der Waals surface area contributed by atoms with Gasteiger partial charge in [0.25, 0.3) is 0 Å². The van der Waals surface area contributed by atoms with E-state index >= 15 is 0 Å². The molecule has 0 spiro atoms. The van der Waals surface area contributed by atoms with Crippen molar-refractivity contribution in [2.24, 2.45) is 5.73 Å². The Kier molecular flexibility index (Phi) is 6.83. The lowest BCUT2D eigenvalue weighted by atomic mass is 10.1. The monoisotopic (exact) mass is 365 g/mol. The summed E-state index contributed by atoms with van der Waals surface area (Å²) in [6.45, 7) is 0.367. The first-order valence-electron chi connectivity index (χ1n) is 8.18. The van der Waals surface area contributed by atoms with Crippen LogP contribution in [0.4, 0.5) is 0 Å². The molecule has 7 nitrogen and oxygen atoms in total. The molecule has 0 aromatic heterocycles. The lowest BCUT2D eigenvalue weighted by Gasteiger charge is -2.27. The van der Waals surface area contributed by atoms with Gasteiger partial charge in [-0.15, -0.1) is 0 Å². The first kappa shape index (κ1) is 19.3. The highest BCUT2D eigenvalue weighted by molar-refractivity contribution is 7.80. The normalized spacial score (nSPS) is 19.3. The van der Waals surface area contributed by atoms with E-state index < -0.39 is 35.9 Å². The highest BCUT2D eigenvalue weighted by atomic mass is 32.1. The number of nitrogens with two attached hydrogens (primary N) is 1. The smallest absolute Gasteiger partial charge is 0.326 e. The maximum absolute atomic E-state index is 12.6. The van der Waals surface area contributed by atoms with Gasteiger partial charge in [0, 0.05) is 12.3 Å². The summed E-state index contributed by atoms with van der Waals surface area (Å²) in [5.74, 6) is -1.84. The number of hydrogen-bond acceptors (Lipinski definition) is 5. The van der Waals surface area contributed by atoms with Crippen LogP contribution < -0.4 is 11.1 Å². The number of carbonyl (C=O) groups excluding carboxylic acids is 2. The second-order valence-corrected chi connectivity index (χ2v) is 6.43. The van der Waals surface area contributed by atoms with Crippen LogP contribution in [0.15, 0.2) is 30.3 Å². The molecular weight excluding hydrogens is 342 g/mol. The lowest BCUT2D eigenvalue weighted by molar-refractivity contribution is -0.149. The molecule has 1 aliphatic heterocycles. The van der Waals surface area contributed by atoms with E-state index in [1.165, 1.54) is 4.90 Å². The zero-order valence-electron chi connectivity index (χ0n) is 13.8. The van der Waals surface area contributed by atoms with E-state index in [4.69, 9.17) is 5.73 Å². The van der Waals surface area contributed by atoms with Crippen LogP contribution in [-0.2, 0) is 20.8 Å². The van der Waals surface area contributed by atoms with Gasteiger partial charge in [0.15, 0.2) is 0 Å². The van der Waals surface area contributed by atoms with Gasteiger partial charge in [0.05, 0.1) is 6.04 Å². The Morgan fingerprint density at radius 1 is 1.32 bits per heavy atom. The van der Waals surface area contributed by atoms with Gasteiger partial charge in [0.1, 0.15) is 12.1 Å². The first-order valence-corrected chi connectivity index (χ1v) is 8.81. The molecule has 4 N–H and O–H groups in total. The van der Waals surface area contributed by atoms with Crippen molar-refractivity contribution < 1.29 is 19.5 Å². The van der Waals surface area contributed by atoms with Gasteiger partial charge in [-0.3, -0.25) is 9.59 Å². The maximum atomic E-state index is 12.6. The van der Waals surface area contributed by atoms with E-state index in [0.717, 1.165) is 5.56 Å². The fourth-order valence-corrected chi connectivity index (χ4v) is 3.16. The number of aliphatic carboxylic acids is 1. The van der Waals surface area contributed by atoms with Gasteiger partial charge < -0.3 is 21.1 Å². The van der Waals surface area contributed by atoms with Crippen LogP contribution in [-0.4, -0.2) is 58.2 Å². The minimum atomic E-state index is -1.03. The van der Waals surface area contributed by atoms with Crippen LogP contribution in [0, 0.1) is 0 Å². The molecule has 1 fully saturated rings. The van der Waals surface area contributed by atoms with Crippen LogP contribution in [0.5, 0.6) is 0 Å². The molecule has 2 amide bonds. The van der Waals surface area contributed by atoms with Crippen LogP contribution in [0.2, 0.25) is 0 Å². The summed E-state index contributed by atoms with van der Waals surface area (Å²) in [5, 5.41) is 11.8. The second kappa shape index (κ2) is 8.87. The molecule has 0 aliphatic carbocycles. The summed E-state index contributed by atoms with van der Waals surface area (Å²) in [5.41, 5.74) is 6.85. The molecule has 136 valence electrons. The number of carboxylic acid groups (broad SMARTS) is 1. The number of nitrogens with one attached hydrogen (secondary N) is 1. The van der Waals surface area contributed by atoms with E-state index in [-0.39, 0.29) is 5.75 Å². The molecule has 8 heteroatoms. The molecule has 1 saturated heterocycles. The highest BCUT2D eigenvalue weighted by Crippen LogP contribution is 2.18. The quantitative estimate of drug-likeness (QED) is 0.510. The fraction of sp³-hybridized carbons (Fsp3) is 0.471. The van der Waals surface area contributed by atoms with Crippen molar-refractivity contribution in [2.45, 2.75) is 37.4 Å². The van der Waals surface area contributed by atoms with Crippen molar-refractivity contribution in [2.75, 3.05) is 12.3 Å². The van der Waals surface area contributed by atoms with Crippen molar-refractivity contribution in [3.63, 3.8) is 0 Å². The number of carbonyl (C=O) groups is 3. The van der Waals surface area contributed by atoms with Gasteiger partial charge in [-0.2, -0.15) is 12.6 Å². The van der Waals surface area contributed by atoms with Gasteiger partial charge >= 0.3 is 5.97 Å². The Bertz CT molecular complexity index is 626. The number of amides is 2. The third-order valence-corrected chi connectivity index (χ3v) is 4.62. The minimum absolute atomic E-state index is 0.0749. The summed E-state index contributed by atoms with van der Waals surface area (Å²) in [4.78, 5) is 37.4. The van der Waals surface area contributed by atoms with Crippen molar-refractivity contribution in [1.82, 2.24) is 10.2 Å². The van der Waals surface area contributed by atoms with Crippen LogP contribution in [0.3, 0.4) is 0 Å². The molecule has 25 heavy (non-hydrogen) atoms. The lowest BCUT2D eigenvalue weighted by Crippen LogP contribution is -2.55. The van der Waals surface area contributed by atoms with Gasteiger partial charge in [-0.05, 0) is 24.8 Å². The molecule has 1 aromatic carbocycles. The number of likely N-dealkylation sites (tertiary alicyclic amines) is 1. The van der Waals surface area contributed by atoms with E-state index in [2.05, 4.69) is 17.9 Å². The predicted molar refractivity (Wildman–Crippen MR) is 96.3 cm³/mol. The van der Waals surface area contributed by atoms with Crippen LogP contribution in [0.25, 0.3) is 0 Å². The van der Waals surface area contributed by atoms with Crippen molar-refractivity contribution in [3.05, 3.63) is 35.9 Å². The van der Waals surface area contributed by atoms with Crippen molar-refractivity contribution >= 4 is 30.4 Å². The number of carboxylic acids is 1. The molecule has 1 heterocycles. The third-order valence-electron chi connectivity index (χ3n) is 4.25. The average Bonchev–Trinajstić information content (AvgIpc) is 3.09. The standard InChI is InChI=1S/C17H23N3O4S/c18-12(9-11-5-2-1-3-6-11)15(21)19-13(10-25)16(22)20-8-4-7-14(20)17(23)24/h1-3,5-6,12-14,25H,4,7-10,18H2,(H,19,21)(H,23,24). The molecule has 0 saturated carbocycles. The Balaban J connectivity index is 1.97. The van der Waals surface area contributed by atoms with Gasteiger partial charge in [0.2, 0.25) is 11.8 Å². The Morgan fingerprint density at radius 3 is 2.60 bits per heavy atom. The summed E-state index contributed by atoms with van der Waals surface area (Å²) in [7, 11) is 0. The second-order valence-electron chi connectivity index (χ2n) is 6.07. The zero-order valence-corrected chi connectivity index (χ0v) is 14.7. The number of rotatable bonds is 7. The zero-order chi connectivity index (χ0) is 18.4. The third kappa shape index (κ3) is 4.96. The molecular formula is C17H23N3O4S. The van der Waals surface area contributed by atoms with Crippen LogP contribution in [0.1, 0.15) is 18.4 Å². The molecule has 3 atom stereocenters. The molecule has 3 unspecified atom stereocenters. The van der Waals surface area contributed by atoms with E-state index in [9.17, 15) is 19.5 Å². The van der Waals surface area contributed by atoms with E-state index in [1.807, 2.05) is 30.3 Å². The summed E-state index contributed by atoms with van der Waals surface area (Å²) < 4.78 is 0. The van der Waals surface area contributed by atoms with Gasteiger partial charge in [-0.25, -0.2) is 4.79 Å². The van der Waals surface area contributed by atoms with Gasteiger partial charge in [-0.1, -0.05) is 30.3 Å².